The summed E-state index contributed by atoms with van der Waals surface area (Å²) in [6, 6.07) is 18.9. The number of hydrogen-bond donors (Lipinski definition) is 1. The summed E-state index contributed by atoms with van der Waals surface area (Å²) in [5.41, 5.74) is 5.95. The lowest BCUT2D eigenvalue weighted by atomic mass is 9.99. The molecule has 1 saturated carbocycles. The van der Waals surface area contributed by atoms with Gasteiger partial charge in [0.25, 0.3) is 0 Å². The zero-order valence-corrected chi connectivity index (χ0v) is 21.4. The van der Waals surface area contributed by atoms with Crippen LogP contribution in [0.1, 0.15) is 49.6 Å². The SMILES string of the molecule is C=C(c1ccc(NC(=O)C2CC2)cc1-n1ccc(C)n1)N1CCN(C)CC1c1ccccc1.CC. The molecular weight excluding hydrogens is 434 g/mol. The first-order valence-corrected chi connectivity index (χ1v) is 12.7. The third kappa shape index (κ3) is 5.65. The number of likely N-dealkylation sites (N-methyl/N-ethyl adjacent to an activating group) is 1. The van der Waals surface area contributed by atoms with Crippen molar-refractivity contribution < 1.29 is 4.79 Å². The lowest BCUT2D eigenvalue weighted by Crippen LogP contribution is -2.45. The van der Waals surface area contributed by atoms with E-state index in [4.69, 9.17) is 0 Å². The molecule has 2 aliphatic rings. The van der Waals surface area contributed by atoms with Crippen LogP contribution in [-0.2, 0) is 4.79 Å². The molecule has 1 atom stereocenters. The van der Waals surface area contributed by atoms with Gasteiger partial charge in [-0.15, -0.1) is 0 Å². The molecule has 0 spiro atoms. The van der Waals surface area contributed by atoms with Gasteiger partial charge in [-0.25, -0.2) is 4.68 Å². The first-order chi connectivity index (χ1) is 17.0. The molecule has 1 N–H and O–H groups in total. The number of aromatic nitrogens is 2. The minimum Gasteiger partial charge on any atom is -0.362 e. The summed E-state index contributed by atoms with van der Waals surface area (Å²) in [4.78, 5) is 17.1. The molecule has 1 aromatic heterocycles. The van der Waals surface area contributed by atoms with Crippen molar-refractivity contribution >= 4 is 17.3 Å². The van der Waals surface area contributed by atoms with Gasteiger partial charge >= 0.3 is 0 Å². The quantitative estimate of drug-likeness (QED) is 0.515. The van der Waals surface area contributed by atoms with E-state index in [1.807, 2.05) is 49.8 Å². The maximum atomic E-state index is 12.4. The lowest BCUT2D eigenvalue weighted by Gasteiger charge is -2.43. The molecule has 5 rings (SSSR count). The van der Waals surface area contributed by atoms with Crippen LogP contribution in [0.15, 0.2) is 67.4 Å². The second-order valence-corrected chi connectivity index (χ2v) is 9.23. The van der Waals surface area contributed by atoms with Crippen LogP contribution >= 0.6 is 0 Å². The highest BCUT2D eigenvalue weighted by Gasteiger charge is 2.31. The predicted octanol–water partition coefficient (Wildman–Crippen LogP) is 5.51. The maximum Gasteiger partial charge on any atom is 0.227 e. The molecule has 184 valence electrons. The largest absolute Gasteiger partial charge is 0.362 e. The molecule has 2 fully saturated rings. The second-order valence-electron chi connectivity index (χ2n) is 9.23. The monoisotopic (exact) mass is 471 g/mol. The first kappa shape index (κ1) is 24.7. The van der Waals surface area contributed by atoms with Gasteiger partial charge < -0.3 is 15.1 Å². The fourth-order valence-corrected chi connectivity index (χ4v) is 4.54. The molecule has 35 heavy (non-hydrogen) atoms. The van der Waals surface area contributed by atoms with Crippen LogP contribution in [-0.4, -0.2) is 52.2 Å². The zero-order chi connectivity index (χ0) is 24.9. The summed E-state index contributed by atoms with van der Waals surface area (Å²) >= 11 is 0. The number of carbonyl (C=O) groups excluding carboxylic acids is 1. The summed E-state index contributed by atoms with van der Waals surface area (Å²) in [6.07, 6.45) is 3.93. The number of piperazine rings is 1. The van der Waals surface area contributed by atoms with Crippen molar-refractivity contribution in [3.8, 4) is 5.69 Å². The Kier molecular flexibility index (Phi) is 7.71. The average Bonchev–Trinajstić information content (AvgIpc) is 3.66. The number of carbonyl (C=O) groups is 1. The van der Waals surface area contributed by atoms with Crippen LogP contribution in [0.25, 0.3) is 11.4 Å². The predicted molar refractivity (Wildman–Crippen MR) is 143 cm³/mol. The van der Waals surface area contributed by atoms with Crippen molar-refractivity contribution in [2.45, 2.75) is 39.7 Å². The zero-order valence-electron chi connectivity index (χ0n) is 21.4. The minimum absolute atomic E-state index is 0.104. The van der Waals surface area contributed by atoms with Crippen molar-refractivity contribution in [3.05, 3.63) is 84.2 Å². The maximum absolute atomic E-state index is 12.4. The minimum atomic E-state index is 0.104. The number of nitrogens with one attached hydrogen (secondary N) is 1. The van der Waals surface area contributed by atoms with Crippen LogP contribution in [0.3, 0.4) is 0 Å². The van der Waals surface area contributed by atoms with Gasteiger partial charge in [-0.1, -0.05) is 50.8 Å². The van der Waals surface area contributed by atoms with Gasteiger partial charge in [0.1, 0.15) is 0 Å². The summed E-state index contributed by atoms with van der Waals surface area (Å²) in [6.45, 7) is 13.3. The Hall–Kier alpha value is -3.38. The van der Waals surface area contributed by atoms with Crippen LogP contribution < -0.4 is 5.32 Å². The van der Waals surface area contributed by atoms with Gasteiger partial charge in [-0.2, -0.15) is 5.10 Å². The van der Waals surface area contributed by atoms with E-state index in [0.717, 1.165) is 60.8 Å². The molecule has 2 aromatic carbocycles. The number of aryl methyl sites for hydroxylation is 1. The highest BCUT2D eigenvalue weighted by molar-refractivity contribution is 5.94. The van der Waals surface area contributed by atoms with E-state index < -0.39 is 0 Å². The Morgan fingerprint density at radius 1 is 1.06 bits per heavy atom. The number of rotatable bonds is 6. The smallest absolute Gasteiger partial charge is 0.227 e. The van der Waals surface area contributed by atoms with Crippen molar-refractivity contribution in [2.24, 2.45) is 5.92 Å². The molecule has 1 amide bonds. The molecule has 6 nitrogen and oxygen atoms in total. The fraction of sp³-hybridized carbons (Fsp3) is 0.379. The molecule has 1 aliphatic carbocycles. The Labute approximate surface area is 209 Å². The molecule has 1 saturated heterocycles. The molecular formula is C29H37N5O. The van der Waals surface area contributed by atoms with E-state index in [-0.39, 0.29) is 17.9 Å². The van der Waals surface area contributed by atoms with E-state index in [0.29, 0.717) is 0 Å². The number of hydrogen-bond acceptors (Lipinski definition) is 4. The summed E-state index contributed by atoms with van der Waals surface area (Å²) in [7, 11) is 2.17. The van der Waals surface area contributed by atoms with Gasteiger partial charge in [-0.3, -0.25) is 4.79 Å². The van der Waals surface area contributed by atoms with Gasteiger partial charge in [0.2, 0.25) is 5.91 Å². The average molecular weight is 472 g/mol. The van der Waals surface area contributed by atoms with Crippen LogP contribution in [0.5, 0.6) is 0 Å². The Morgan fingerprint density at radius 3 is 2.46 bits per heavy atom. The van der Waals surface area contributed by atoms with Gasteiger partial charge in [-0.05, 0) is 56.6 Å². The Balaban J connectivity index is 0.00000141. The molecule has 2 heterocycles. The summed E-state index contributed by atoms with van der Waals surface area (Å²) < 4.78 is 1.89. The highest BCUT2D eigenvalue weighted by Crippen LogP contribution is 2.36. The van der Waals surface area contributed by atoms with Crippen molar-refractivity contribution in [2.75, 3.05) is 32.0 Å². The lowest BCUT2D eigenvalue weighted by molar-refractivity contribution is -0.117. The van der Waals surface area contributed by atoms with Gasteiger partial charge in [0.05, 0.1) is 17.4 Å². The number of nitrogens with zero attached hydrogens (tertiary/aromatic N) is 4. The van der Waals surface area contributed by atoms with Crippen molar-refractivity contribution in [1.29, 1.82) is 0 Å². The third-order valence-electron chi connectivity index (χ3n) is 6.61. The van der Waals surface area contributed by atoms with Gasteiger partial charge in [0, 0.05) is 48.7 Å². The molecule has 6 heteroatoms. The van der Waals surface area contributed by atoms with Crippen LogP contribution in [0, 0.1) is 12.8 Å². The highest BCUT2D eigenvalue weighted by atomic mass is 16.2. The summed E-state index contributed by atoms with van der Waals surface area (Å²) in [5, 5.41) is 7.74. The summed E-state index contributed by atoms with van der Waals surface area (Å²) in [5.74, 6) is 0.263. The first-order valence-electron chi connectivity index (χ1n) is 12.7. The normalized spacial score (nSPS) is 17.9. The van der Waals surface area contributed by atoms with E-state index in [1.54, 1.807) is 0 Å². The van der Waals surface area contributed by atoms with Crippen LogP contribution in [0.4, 0.5) is 5.69 Å². The van der Waals surface area contributed by atoms with Gasteiger partial charge in [0.15, 0.2) is 0 Å². The Morgan fingerprint density at radius 2 is 1.80 bits per heavy atom. The number of benzene rings is 2. The Bertz CT molecular complexity index is 1160. The molecule has 1 aliphatic heterocycles. The number of anilines is 1. The standard InChI is InChI=1S/C27H31N5O.C2H6/c1-19-13-14-32(29-19)25-17-23(28-27(33)22-9-10-22)11-12-24(25)20(2)31-16-15-30(3)18-26(31)21-7-5-4-6-8-21;1-2/h4-8,11-14,17,22,26H,2,9-10,15-16,18H2,1,3H3,(H,28,33);1-2H3. The third-order valence-corrected chi connectivity index (χ3v) is 6.61. The topological polar surface area (TPSA) is 53.4 Å². The van der Waals surface area contributed by atoms with E-state index in [1.165, 1.54) is 5.56 Å². The molecule has 0 radical (unpaired) electrons. The van der Waals surface area contributed by atoms with E-state index in [9.17, 15) is 4.79 Å². The number of amides is 1. The van der Waals surface area contributed by atoms with E-state index >= 15 is 0 Å². The van der Waals surface area contributed by atoms with Crippen LogP contribution in [0.2, 0.25) is 0 Å². The molecule has 0 bridgehead atoms. The van der Waals surface area contributed by atoms with Crippen molar-refractivity contribution in [3.63, 3.8) is 0 Å². The molecule has 3 aromatic rings. The second kappa shape index (κ2) is 10.9. The molecule has 1 unspecified atom stereocenters. The van der Waals surface area contributed by atoms with Crippen molar-refractivity contribution in [1.82, 2.24) is 19.6 Å². The van der Waals surface area contributed by atoms with E-state index in [2.05, 4.69) is 70.2 Å². The fourth-order valence-electron chi connectivity index (χ4n) is 4.54.